The summed E-state index contributed by atoms with van der Waals surface area (Å²) in [6.45, 7) is 4.16. The number of nitrogens with one attached hydrogen (secondary N) is 1. The minimum absolute atomic E-state index is 0.0801. The molecular formula is C15H18FNO2. The van der Waals surface area contributed by atoms with Gasteiger partial charge in [0.25, 0.3) is 0 Å². The predicted molar refractivity (Wildman–Crippen MR) is 70.2 cm³/mol. The SMILES string of the molecule is CC1(C)CC1C(O)c1cc2c(cc1F)NC(=O)CC2. The molecule has 1 aliphatic carbocycles. The van der Waals surface area contributed by atoms with E-state index in [0.717, 1.165) is 12.0 Å². The van der Waals surface area contributed by atoms with Crippen molar-refractivity contribution in [3.63, 3.8) is 0 Å². The smallest absolute Gasteiger partial charge is 0.224 e. The summed E-state index contributed by atoms with van der Waals surface area (Å²) in [6, 6.07) is 3.05. The maximum atomic E-state index is 14.1. The van der Waals surface area contributed by atoms with Crippen LogP contribution >= 0.6 is 0 Å². The summed E-state index contributed by atoms with van der Waals surface area (Å²) in [6.07, 6.45) is 1.19. The number of amides is 1. The first-order valence-corrected chi connectivity index (χ1v) is 6.69. The van der Waals surface area contributed by atoms with E-state index in [-0.39, 0.29) is 17.2 Å². The van der Waals surface area contributed by atoms with E-state index in [1.807, 2.05) is 0 Å². The molecule has 2 N–H and O–H groups in total. The van der Waals surface area contributed by atoms with Crippen LogP contribution in [0.5, 0.6) is 0 Å². The van der Waals surface area contributed by atoms with Gasteiger partial charge in [0, 0.05) is 17.7 Å². The normalized spacial score (nSPS) is 25.5. The van der Waals surface area contributed by atoms with Crippen molar-refractivity contribution in [3.8, 4) is 0 Å². The highest BCUT2D eigenvalue weighted by molar-refractivity contribution is 5.93. The van der Waals surface area contributed by atoms with Crippen LogP contribution in [0.15, 0.2) is 12.1 Å². The third-order valence-corrected chi connectivity index (χ3v) is 4.41. The first-order chi connectivity index (χ1) is 8.88. The molecule has 2 unspecified atom stereocenters. The number of carbonyl (C=O) groups is 1. The molecule has 1 saturated carbocycles. The van der Waals surface area contributed by atoms with Gasteiger partial charge in [0.1, 0.15) is 5.82 Å². The third-order valence-electron chi connectivity index (χ3n) is 4.41. The summed E-state index contributed by atoms with van der Waals surface area (Å²) in [4.78, 5) is 11.3. The molecule has 0 aromatic heterocycles. The van der Waals surface area contributed by atoms with Crippen LogP contribution in [-0.4, -0.2) is 11.0 Å². The van der Waals surface area contributed by atoms with E-state index in [0.29, 0.717) is 24.1 Å². The van der Waals surface area contributed by atoms with Crippen molar-refractivity contribution in [2.45, 2.75) is 39.2 Å². The molecule has 102 valence electrons. The summed E-state index contributed by atoms with van der Waals surface area (Å²) in [5, 5.41) is 13.0. The van der Waals surface area contributed by atoms with Crippen molar-refractivity contribution in [3.05, 3.63) is 29.1 Å². The quantitative estimate of drug-likeness (QED) is 0.862. The predicted octanol–water partition coefficient (Wildman–Crippen LogP) is 2.79. The van der Waals surface area contributed by atoms with Crippen LogP contribution in [0.25, 0.3) is 0 Å². The highest BCUT2D eigenvalue weighted by atomic mass is 19.1. The van der Waals surface area contributed by atoms with Crippen molar-refractivity contribution in [1.82, 2.24) is 0 Å². The third kappa shape index (κ3) is 2.14. The van der Waals surface area contributed by atoms with Crippen molar-refractivity contribution >= 4 is 11.6 Å². The maximum Gasteiger partial charge on any atom is 0.224 e. The Hall–Kier alpha value is -1.42. The number of fused-ring (bicyclic) bond motifs is 1. The van der Waals surface area contributed by atoms with Gasteiger partial charge in [-0.15, -0.1) is 0 Å². The molecule has 3 rings (SSSR count). The number of carbonyl (C=O) groups excluding carboxylic acids is 1. The van der Waals surface area contributed by atoms with Crippen LogP contribution in [0.2, 0.25) is 0 Å². The molecular weight excluding hydrogens is 245 g/mol. The summed E-state index contributed by atoms with van der Waals surface area (Å²) in [7, 11) is 0. The second kappa shape index (κ2) is 4.04. The summed E-state index contributed by atoms with van der Waals surface area (Å²) in [5.74, 6) is -0.391. The number of anilines is 1. The lowest BCUT2D eigenvalue weighted by Gasteiger charge is -2.20. The fraction of sp³-hybridized carbons (Fsp3) is 0.533. The first-order valence-electron chi connectivity index (χ1n) is 6.69. The average molecular weight is 263 g/mol. The maximum absolute atomic E-state index is 14.1. The zero-order chi connectivity index (χ0) is 13.8. The van der Waals surface area contributed by atoms with Crippen molar-refractivity contribution in [2.75, 3.05) is 5.32 Å². The molecule has 3 nitrogen and oxygen atoms in total. The van der Waals surface area contributed by atoms with Crippen LogP contribution < -0.4 is 5.32 Å². The highest BCUT2D eigenvalue weighted by Gasteiger charge is 2.50. The molecule has 1 aliphatic heterocycles. The molecule has 1 aromatic carbocycles. The summed E-state index contributed by atoms with van der Waals surface area (Å²) >= 11 is 0. The number of hydrogen-bond donors (Lipinski definition) is 2. The number of hydrogen-bond acceptors (Lipinski definition) is 2. The Morgan fingerprint density at radius 3 is 2.74 bits per heavy atom. The van der Waals surface area contributed by atoms with E-state index in [1.54, 1.807) is 6.07 Å². The fourth-order valence-corrected chi connectivity index (χ4v) is 2.91. The number of aliphatic hydroxyl groups excluding tert-OH is 1. The Balaban J connectivity index is 1.93. The van der Waals surface area contributed by atoms with Crippen LogP contribution in [0.3, 0.4) is 0 Å². The van der Waals surface area contributed by atoms with Crippen LogP contribution in [-0.2, 0) is 11.2 Å². The number of aliphatic hydroxyl groups is 1. The van der Waals surface area contributed by atoms with Gasteiger partial charge < -0.3 is 10.4 Å². The topological polar surface area (TPSA) is 49.3 Å². The molecule has 19 heavy (non-hydrogen) atoms. The zero-order valence-electron chi connectivity index (χ0n) is 11.2. The van der Waals surface area contributed by atoms with Gasteiger partial charge in [-0.3, -0.25) is 4.79 Å². The van der Waals surface area contributed by atoms with Crippen LogP contribution in [0, 0.1) is 17.2 Å². The van der Waals surface area contributed by atoms with Crippen molar-refractivity contribution in [1.29, 1.82) is 0 Å². The highest BCUT2D eigenvalue weighted by Crippen LogP contribution is 2.58. The summed E-state index contributed by atoms with van der Waals surface area (Å²) < 4.78 is 14.1. The lowest BCUT2D eigenvalue weighted by atomic mass is 9.94. The number of halogens is 1. The van der Waals surface area contributed by atoms with Gasteiger partial charge in [0.05, 0.1) is 6.10 Å². The Morgan fingerprint density at radius 1 is 1.42 bits per heavy atom. The van der Waals surface area contributed by atoms with E-state index in [2.05, 4.69) is 19.2 Å². The second-order valence-electron chi connectivity index (χ2n) is 6.32. The largest absolute Gasteiger partial charge is 0.388 e. The molecule has 1 aromatic rings. The van der Waals surface area contributed by atoms with E-state index in [9.17, 15) is 14.3 Å². The average Bonchev–Trinajstić information content (AvgIpc) is 2.96. The second-order valence-corrected chi connectivity index (χ2v) is 6.32. The van der Waals surface area contributed by atoms with Gasteiger partial charge in [-0.1, -0.05) is 13.8 Å². The van der Waals surface area contributed by atoms with Crippen molar-refractivity contribution < 1.29 is 14.3 Å². The standard InChI is InChI=1S/C15H18FNO2/c1-15(2)7-10(15)14(19)9-5-8-3-4-13(18)17-12(8)6-11(9)16/h5-6,10,14,19H,3-4,7H2,1-2H3,(H,17,18). The minimum Gasteiger partial charge on any atom is -0.388 e. The van der Waals surface area contributed by atoms with E-state index in [4.69, 9.17) is 0 Å². The van der Waals surface area contributed by atoms with Gasteiger partial charge in [0.2, 0.25) is 5.91 Å². The van der Waals surface area contributed by atoms with Gasteiger partial charge in [-0.05, 0) is 41.9 Å². The molecule has 1 heterocycles. The Bertz CT molecular complexity index is 553. The number of rotatable bonds is 2. The molecule has 4 heteroatoms. The number of aryl methyl sites for hydroxylation is 1. The van der Waals surface area contributed by atoms with Crippen LogP contribution in [0.4, 0.5) is 10.1 Å². The van der Waals surface area contributed by atoms with Gasteiger partial charge in [-0.25, -0.2) is 4.39 Å². The van der Waals surface area contributed by atoms with E-state index < -0.39 is 11.9 Å². The Kier molecular flexibility index (Phi) is 2.68. The van der Waals surface area contributed by atoms with E-state index >= 15 is 0 Å². The van der Waals surface area contributed by atoms with Gasteiger partial charge in [0.15, 0.2) is 0 Å². The lowest BCUT2D eigenvalue weighted by Crippen LogP contribution is -2.20. The molecule has 0 bridgehead atoms. The molecule has 0 spiro atoms. The first kappa shape index (κ1) is 12.6. The molecule has 0 saturated heterocycles. The number of benzene rings is 1. The zero-order valence-corrected chi connectivity index (χ0v) is 11.2. The Labute approximate surface area is 111 Å². The Morgan fingerprint density at radius 2 is 2.11 bits per heavy atom. The molecule has 2 atom stereocenters. The molecule has 1 amide bonds. The molecule has 0 radical (unpaired) electrons. The lowest BCUT2D eigenvalue weighted by molar-refractivity contribution is -0.116. The van der Waals surface area contributed by atoms with Gasteiger partial charge in [-0.2, -0.15) is 0 Å². The molecule has 1 fully saturated rings. The summed E-state index contributed by atoms with van der Waals surface area (Å²) in [5.41, 5.74) is 1.91. The fourth-order valence-electron chi connectivity index (χ4n) is 2.91. The minimum atomic E-state index is -0.752. The molecule has 2 aliphatic rings. The van der Waals surface area contributed by atoms with Crippen molar-refractivity contribution in [2.24, 2.45) is 11.3 Å². The van der Waals surface area contributed by atoms with E-state index in [1.165, 1.54) is 6.07 Å². The van der Waals surface area contributed by atoms with Gasteiger partial charge >= 0.3 is 0 Å². The monoisotopic (exact) mass is 263 g/mol. The van der Waals surface area contributed by atoms with Crippen LogP contribution in [0.1, 0.15) is 43.9 Å².